The van der Waals surface area contributed by atoms with Crippen LogP contribution in [0.15, 0.2) is 18.6 Å². The fourth-order valence-corrected chi connectivity index (χ4v) is 1.56. The summed E-state index contributed by atoms with van der Waals surface area (Å²) in [6.45, 7) is 4.06. The van der Waals surface area contributed by atoms with Crippen LogP contribution in [0, 0.1) is 0 Å². The number of nitrogens with zero attached hydrogens (tertiary/aromatic N) is 4. The Kier molecular flexibility index (Phi) is 3.36. The largest absolute Gasteiger partial charge is 0.481 e. The smallest absolute Gasteiger partial charge is 0.216 e. The van der Waals surface area contributed by atoms with Gasteiger partial charge in [0.1, 0.15) is 12.0 Å². The first-order valence-electron chi connectivity index (χ1n) is 5.60. The van der Waals surface area contributed by atoms with Gasteiger partial charge in [0.2, 0.25) is 5.88 Å². The van der Waals surface area contributed by atoms with Crippen molar-refractivity contribution in [2.75, 3.05) is 12.8 Å². The molecule has 2 aromatic heterocycles. The Morgan fingerprint density at radius 3 is 2.67 bits per heavy atom. The van der Waals surface area contributed by atoms with Gasteiger partial charge in [0.15, 0.2) is 5.82 Å². The topological polar surface area (TPSA) is 86.8 Å². The van der Waals surface area contributed by atoms with Gasteiger partial charge in [-0.1, -0.05) is 13.8 Å². The Bertz CT molecular complexity index is 556. The van der Waals surface area contributed by atoms with Gasteiger partial charge in [-0.3, -0.25) is 0 Å². The highest BCUT2D eigenvalue weighted by Gasteiger charge is 2.11. The zero-order chi connectivity index (χ0) is 13.1. The number of nitrogens with two attached hydrogens (primary N) is 1. The molecular weight excluding hydrogens is 230 g/mol. The lowest BCUT2D eigenvalue weighted by Crippen LogP contribution is -2.04. The van der Waals surface area contributed by atoms with E-state index in [0.717, 1.165) is 5.69 Å². The van der Waals surface area contributed by atoms with Gasteiger partial charge in [0, 0.05) is 6.07 Å². The number of anilines is 1. The molecule has 0 aliphatic heterocycles. The van der Waals surface area contributed by atoms with E-state index in [2.05, 4.69) is 19.9 Å². The second-order valence-corrected chi connectivity index (χ2v) is 4.13. The lowest BCUT2D eigenvalue weighted by Gasteiger charge is -2.09. The van der Waals surface area contributed by atoms with Crippen LogP contribution in [-0.2, 0) is 0 Å². The molecule has 2 N–H and O–H groups in total. The van der Waals surface area contributed by atoms with E-state index in [0.29, 0.717) is 23.1 Å². The number of methoxy groups -OCH3 is 1. The second-order valence-electron chi connectivity index (χ2n) is 4.13. The molecule has 2 aromatic rings. The number of rotatable bonds is 3. The number of hydrogen-bond acceptors (Lipinski definition) is 6. The SMILES string of the molecule is COc1cc(-c2ncc(N)c(C(C)C)n2)ncn1. The summed E-state index contributed by atoms with van der Waals surface area (Å²) >= 11 is 0. The zero-order valence-corrected chi connectivity index (χ0v) is 10.6. The van der Waals surface area contributed by atoms with Gasteiger partial charge in [-0.05, 0) is 5.92 Å². The van der Waals surface area contributed by atoms with Gasteiger partial charge in [-0.15, -0.1) is 0 Å². The first-order chi connectivity index (χ1) is 8.61. The van der Waals surface area contributed by atoms with Crippen molar-refractivity contribution in [3.05, 3.63) is 24.3 Å². The summed E-state index contributed by atoms with van der Waals surface area (Å²) in [5.41, 5.74) is 7.87. The number of ether oxygens (including phenoxy) is 1. The van der Waals surface area contributed by atoms with Crippen molar-refractivity contribution >= 4 is 5.69 Å². The minimum Gasteiger partial charge on any atom is -0.481 e. The molecule has 0 aromatic carbocycles. The Balaban J connectivity index is 2.47. The number of hydrogen-bond donors (Lipinski definition) is 1. The summed E-state index contributed by atoms with van der Waals surface area (Å²) in [5, 5.41) is 0. The van der Waals surface area contributed by atoms with E-state index in [1.54, 1.807) is 19.4 Å². The lowest BCUT2D eigenvalue weighted by atomic mass is 10.1. The first kappa shape index (κ1) is 12.2. The molecule has 18 heavy (non-hydrogen) atoms. The number of nitrogen functional groups attached to an aromatic ring is 1. The highest BCUT2D eigenvalue weighted by Crippen LogP contribution is 2.22. The lowest BCUT2D eigenvalue weighted by molar-refractivity contribution is 0.397. The maximum absolute atomic E-state index is 5.84. The van der Waals surface area contributed by atoms with Crippen molar-refractivity contribution in [3.63, 3.8) is 0 Å². The summed E-state index contributed by atoms with van der Waals surface area (Å²) in [6.07, 6.45) is 3.02. The molecule has 2 heterocycles. The monoisotopic (exact) mass is 245 g/mol. The normalized spacial score (nSPS) is 10.7. The van der Waals surface area contributed by atoms with Crippen LogP contribution < -0.4 is 10.5 Å². The second kappa shape index (κ2) is 4.95. The van der Waals surface area contributed by atoms with Crippen molar-refractivity contribution < 1.29 is 4.74 Å². The third-order valence-corrected chi connectivity index (χ3v) is 2.48. The number of aromatic nitrogens is 4. The van der Waals surface area contributed by atoms with E-state index in [-0.39, 0.29) is 5.92 Å². The van der Waals surface area contributed by atoms with Crippen molar-refractivity contribution in [2.45, 2.75) is 19.8 Å². The van der Waals surface area contributed by atoms with Crippen LogP contribution in [0.25, 0.3) is 11.5 Å². The van der Waals surface area contributed by atoms with Crippen molar-refractivity contribution in [3.8, 4) is 17.4 Å². The fourth-order valence-electron chi connectivity index (χ4n) is 1.56. The van der Waals surface area contributed by atoms with Gasteiger partial charge < -0.3 is 10.5 Å². The van der Waals surface area contributed by atoms with E-state index >= 15 is 0 Å². The summed E-state index contributed by atoms with van der Waals surface area (Å²) in [4.78, 5) is 16.7. The van der Waals surface area contributed by atoms with Crippen LogP contribution in [0.1, 0.15) is 25.5 Å². The summed E-state index contributed by atoms with van der Waals surface area (Å²) < 4.78 is 5.05. The molecule has 0 fully saturated rings. The molecule has 0 atom stereocenters. The maximum Gasteiger partial charge on any atom is 0.216 e. The van der Waals surface area contributed by atoms with Gasteiger partial charge in [0.05, 0.1) is 24.7 Å². The molecular formula is C12H15N5O. The zero-order valence-electron chi connectivity index (χ0n) is 10.6. The maximum atomic E-state index is 5.84. The molecule has 0 saturated carbocycles. The van der Waals surface area contributed by atoms with Crippen LogP contribution in [-0.4, -0.2) is 27.0 Å². The molecule has 0 bridgehead atoms. The molecule has 0 spiro atoms. The fraction of sp³-hybridized carbons (Fsp3) is 0.333. The van der Waals surface area contributed by atoms with Crippen molar-refractivity contribution in [2.24, 2.45) is 0 Å². The Morgan fingerprint density at radius 1 is 1.22 bits per heavy atom. The van der Waals surface area contributed by atoms with Crippen molar-refractivity contribution in [1.29, 1.82) is 0 Å². The van der Waals surface area contributed by atoms with Crippen LogP contribution in [0.5, 0.6) is 5.88 Å². The molecule has 0 radical (unpaired) electrons. The van der Waals surface area contributed by atoms with Crippen LogP contribution >= 0.6 is 0 Å². The van der Waals surface area contributed by atoms with E-state index < -0.39 is 0 Å². The molecule has 94 valence electrons. The van der Waals surface area contributed by atoms with Crippen LogP contribution in [0.3, 0.4) is 0 Å². The van der Waals surface area contributed by atoms with Crippen LogP contribution in [0.2, 0.25) is 0 Å². The van der Waals surface area contributed by atoms with Gasteiger partial charge in [-0.25, -0.2) is 19.9 Å². The Morgan fingerprint density at radius 2 is 2.00 bits per heavy atom. The van der Waals surface area contributed by atoms with E-state index in [1.807, 2.05) is 13.8 Å². The average molecular weight is 245 g/mol. The predicted molar refractivity (Wildman–Crippen MR) is 68.1 cm³/mol. The molecule has 0 amide bonds. The standard InChI is InChI=1S/C12H15N5O/c1-7(2)11-8(13)5-14-12(17-11)9-4-10(18-3)16-6-15-9/h4-7H,13H2,1-3H3. The van der Waals surface area contributed by atoms with E-state index in [4.69, 9.17) is 10.5 Å². The summed E-state index contributed by atoms with van der Waals surface area (Å²) in [6, 6.07) is 1.69. The predicted octanol–water partition coefficient (Wildman–Crippen LogP) is 1.65. The first-order valence-corrected chi connectivity index (χ1v) is 5.60. The van der Waals surface area contributed by atoms with E-state index in [9.17, 15) is 0 Å². The molecule has 0 unspecified atom stereocenters. The molecule has 6 heteroatoms. The Hall–Kier alpha value is -2.24. The van der Waals surface area contributed by atoms with Gasteiger partial charge >= 0.3 is 0 Å². The Labute approximate surface area is 105 Å². The third-order valence-electron chi connectivity index (χ3n) is 2.48. The van der Waals surface area contributed by atoms with E-state index in [1.165, 1.54) is 6.33 Å². The highest BCUT2D eigenvalue weighted by atomic mass is 16.5. The minimum atomic E-state index is 0.232. The minimum absolute atomic E-state index is 0.232. The molecule has 0 saturated heterocycles. The van der Waals surface area contributed by atoms with Gasteiger partial charge in [0.25, 0.3) is 0 Å². The van der Waals surface area contributed by atoms with Gasteiger partial charge in [-0.2, -0.15) is 0 Å². The molecule has 0 aliphatic rings. The highest BCUT2D eigenvalue weighted by molar-refractivity contribution is 5.54. The molecule has 2 rings (SSSR count). The quantitative estimate of drug-likeness (QED) is 0.884. The average Bonchev–Trinajstić information content (AvgIpc) is 2.39. The molecule has 0 aliphatic carbocycles. The molecule has 6 nitrogen and oxygen atoms in total. The van der Waals surface area contributed by atoms with Crippen LogP contribution in [0.4, 0.5) is 5.69 Å². The third kappa shape index (κ3) is 2.37. The summed E-state index contributed by atoms with van der Waals surface area (Å²) in [7, 11) is 1.55. The van der Waals surface area contributed by atoms with Crippen molar-refractivity contribution in [1.82, 2.24) is 19.9 Å². The summed E-state index contributed by atoms with van der Waals surface area (Å²) in [5.74, 6) is 1.23.